The number of methoxy groups -OCH3 is 1. The van der Waals surface area contributed by atoms with E-state index < -0.39 is 17.1 Å². The lowest BCUT2D eigenvalue weighted by molar-refractivity contribution is -0.152. The van der Waals surface area contributed by atoms with Crippen molar-refractivity contribution in [2.24, 2.45) is 5.41 Å². The van der Waals surface area contributed by atoms with Crippen molar-refractivity contribution in [2.45, 2.75) is 39.2 Å². The van der Waals surface area contributed by atoms with E-state index in [0.717, 1.165) is 13.0 Å². The van der Waals surface area contributed by atoms with Crippen LogP contribution in [0.2, 0.25) is 0 Å². The quantitative estimate of drug-likeness (QED) is 0.748. The Labute approximate surface area is 114 Å². The van der Waals surface area contributed by atoms with Gasteiger partial charge in [0.05, 0.1) is 12.5 Å². The summed E-state index contributed by atoms with van der Waals surface area (Å²) in [4.78, 5) is 23.3. The number of carbonyl (C=O) groups excluding carboxylic acids is 2. The fourth-order valence-corrected chi connectivity index (χ4v) is 2.17. The SMILES string of the molecule is COC(=O)C1(CCNC(=O)OC(C)(C)C)CCNC1. The summed E-state index contributed by atoms with van der Waals surface area (Å²) in [6.07, 6.45) is 0.820. The molecule has 0 saturated carbocycles. The van der Waals surface area contributed by atoms with Gasteiger partial charge in [-0.15, -0.1) is 0 Å². The van der Waals surface area contributed by atoms with Gasteiger partial charge in [0, 0.05) is 13.1 Å². The number of amides is 1. The molecule has 1 amide bonds. The molecule has 0 aromatic rings. The molecule has 1 fully saturated rings. The second-order valence-corrected chi connectivity index (χ2v) is 5.88. The molecule has 1 saturated heterocycles. The second kappa shape index (κ2) is 6.23. The average molecular weight is 272 g/mol. The normalized spacial score (nSPS) is 22.9. The van der Waals surface area contributed by atoms with E-state index in [1.165, 1.54) is 7.11 Å². The van der Waals surface area contributed by atoms with E-state index in [0.29, 0.717) is 19.5 Å². The van der Waals surface area contributed by atoms with Crippen molar-refractivity contribution in [1.82, 2.24) is 10.6 Å². The Bertz CT molecular complexity index is 330. The highest BCUT2D eigenvalue weighted by Crippen LogP contribution is 2.30. The Kier molecular flexibility index (Phi) is 5.17. The van der Waals surface area contributed by atoms with Crippen LogP contribution in [0, 0.1) is 5.41 Å². The van der Waals surface area contributed by atoms with Crippen molar-refractivity contribution in [2.75, 3.05) is 26.7 Å². The van der Waals surface area contributed by atoms with Gasteiger partial charge in [-0.3, -0.25) is 4.79 Å². The topological polar surface area (TPSA) is 76.7 Å². The Morgan fingerprint density at radius 2 is 2.05 bits per heavy atom. The van der Waals surface area contributed by atoms with Crippen LogP contribution in [0.15, 0.2) is 0 Å². The summed E-state index contributed by atoms with van der Waals surface area (Å²) in [5, 5.41) is 5.83. The van der Waals surface area contributed by atoms with E-state index in [2.05, 4.69) is 10.6 Å². The minimum absolute atomic E-state index is 0.219. The number of nitrogens with one attached hydrogen (secondary N) is 2. The molecule has 1 heterocycles. The van der Waals surface area contributed by atoms with Crippen LogP contribution >= 0.6 is 0 Å². The molecule has 6 nitrogen and oxygen atoms in total. The second-order valence-electron chi connectivity index (χ2n) is 5.88. The summed E-state index contributed by atoms with van der Waals surface area (Å²) in [6.45, 7) is 7.21. The maximum atomic E-state index is 11.8. The van der Waals surface area contributed by atoms with Gasteiger partial charge in [-0.05, 0) is 40.2 Å². The first kappa shape index (κ1) is 15.8. The zero-order chi connectivity index (χ0) is 14.5. The van der Waals surface area contributed by atoms with Gasteiger partial charge in [0.2, 0.25) is 0 Å². The van der Waals surface area contributed by atoms with E-state index in [9.17, 15) is 9.59 Å². The third kappa shape index (κ3) is 4.70. The highest BCUT2D eigenvalue weighted by atomic mass is 16.6. The molecule has 0 aromatic carbocycles. The molecule has 2 N–H and O–H groups in total. The smallest absolute Gasteiger partial charge is 0.407 e. The molecular weight excluding hydrogens is 248 g/mol. The average Bonchev–Trinajstić information content (AvgIpc) is 2.75. The molecule has 1 aliphatic heterocycles. The van der Waals surface area contributed by atoms with E-state index in [4.69, 9.17) is 9.47 Å². The van der Waals surface area contributed by atoms with Gasteiger partial charge >= 0.3 is 12.1 Å². The minimum Gasteiger partial charge on any atom is -0.469 e. The highest BCUT2D eigenvalue weighted by molar-refractivity contribution is 5.77. The Hall–Kier alpha value is -1.30. The zero-order valence-corrected chi connectivity index (χ0v) is 12.2. The molecule has 6 heteroatoms. The predicted molar refractivity (Wildman–Crippen MR) is 70.8 cm³/mol. The first-order valence-electron chi connectivity index (χ1n) is 6.55. The Morgan fingerprint density at radius 3 is 2.53 bits per heavy atom. The zero-order valence-electron chi connectivity index (χ0n) is 12.2. The van der Waals surface area contributed by atoms with Crippen LogP contribution in [0.3, 0.4) is 0 Å². The fraction of sp³-hybridized carbons (Fsp3) is 0.846. The fourth-order valence-electron chi connectivity index (χ4n) is 2.17. The van der Waals surface area contributed by atoms with E-state index in [1.54, 1.807) is 0 Å². The molecule has 110 valence electrons. The molecule has 0 aliphatic carbocycles. The van der Waals surface area contributed by atoms with Crippen molar-refractivity contribution in [3.05, 3.63) is 0 Å². The number of hydrogen-bond acceptors (Lipinski definition) is 5. The molecule has 0 spiro atoms. The number of alkyl carbamates (subject to hydrolysis) is 1. The minimum atomic E-state index is -0.524. The van der Waals surface area contributed by atoms with Gasteiger partial charge in [0.25, 0.3) is 0 Å². The standard InChI is InChI=1S/C13H24N2O4/c1-12(2,3)19-11(17)15-8-6-13(10(16)18-4)5-7-14-9-13/h14H,5-9H2,1-4H3,(H,15,17). The van der Waals surface area contributed by atoms with Crippen molar-refractivity contribution >= 4 is 12.1 Å². The molecule has 0 aromatic heterocycles. The van der Waals surface area contributed by atoms with Crippen LogP contribution in [0.5, 0.6) is 0 Å². The van der Waals surface area contributed by atoms with Gasteiger partial charge in [0.1, 0.15) is 5.60 Å². The molecule has 1 unspecified atom stereocenters. The monoisotopic (exact) mass is 272 g/mol. The lowest BCUT2D eigenvalue weighted by Gasteiger charge is -2.25. The molecule has 1 rings (SSSR count). The van der Waals surface area contributed by atoms with Gasteiger partial charge < -0.3 is 20.1 Å². The third-order valence-corrected chi connectivity index (χ3v) is 3.13. The van der Waals surface area contributed by atoms with Crippen LogP contribution in [0.1, 0.15) is 33.6 Å². The van der Waals surface area contributed by atoms with Crippen LogP contribution in [-0.4, -0.2) is 44.4 Å². The van der Waals surface area contributed by atoms with Gasteiger partial charge in [-0.1, -0.05) is 0 Å². The summed E-state index contributed by atoms with van der Waals surface area (Å²) < 4.78 is 9.99. The summed E-state index contributed by atoms with van der Waals surface area (Å²) in [7, 11) is 1.39. The lowest BCUT2D eigenvalue weighted by Crippen LogP contribution is -2.39. The lowest BCUT2D eigenvalue weighted by atomic mass is 9.83. The van der Waals surface area contributed by atoms with Crippen LogP contribution in [0.25, 0.3) is 0 Å². The molecule has 0 radical (unpaired) electrons. The van der Waals surface area contributed by atoms with E-state index >= 15 is 0 Å². The van der Waals surface area contributed by atoms with Crippen LogP contribution in [-0.2, 0) is 14.3 Å². The maximum Gasteiger partial charge on any atom is 0.407 e. The summed E-state index contributed by atoms with van der Waals surface area (Å²) in [5.74, 6) is -0.219. The molecule has 1 atom stereocenters. The third-order valence-electron chi connectivity index (χ3n) is 3.13. The first-order chi connectivity index (χ1) is 8.79. The molecular formula is C13H24N2O4. The van der Waals surface area contributed by atoms with E-state index in [-0.39, 0.29) is 5.97 Å². The Morgan fingerprint density at radius 1 is 1.37 bits per heavy atom. The van der Waals surface area contributed by atoms with Gasteiger partial charge in [0.15, 0.2) is 0 Å². The molecule has 1 aliphatic rings. The number of ether oxygens (including phenoxy) is 2. The first-order valence-corrected chi connectivity index (χ1v) is 6.55. The number of carbonyl (C=O) groups is 2. The molecule has 0 bridgehead atoms. The van der Waals surface area contributed by atoms with E-state index in [1.807, 2.05) is 20.8 Å². The summed E-state index contributed by atoms with van der Waals surface area (Å²) in [5.41, 5.74) is -1.04. The van der Waals surface area contributed by atoms with Gasteiger partial charge in [-0.2, -0.15) is 0 Å². The van der Waals surface area contributed by atoms with Crippen molar-refractivity contribution in [1.29, 1.82) is 0 Å². The molecule has 19 heavy (non-hydrogen) atoms. The van der Waals surface area contributed by atoms with Crippen molar-refractivity contribution < 1.29 is 19.1 Å². The number of rotatable bonds is 4. The number of esters is 1. The van der Waals surface area contributed by atoms with Crippen LogP contribution in [0.4, 0.5) is 4.79 Å². The summed E-state index contributed by atoms with van der Waals surface area (Å²) in [6, 6.07) is 0. The predicted octanol–water partition coefficient (Wildman–Crippen LogP) is 1.05. The highest BCUT2D eigenvalue weighted by Gasteiger charge is 2.41. The van der Waals surface area contributed by atoms with Crippen molar-refractivity contribution in [3.63, 3.8) is 0 Å². The van der Waals surface area contributed by atoms with Crippen LogP contribution < -0.4 is 10.6 Å². The van der Waals surface area contributed by atoms with Crippen molar-refractivity contribution in [3.8, 4) is 0 Å². The Balaban J connectivity index is 2.42. The summed E-state index contributed by atoms with van der Waals surface area (Å²) >= 11 is 0. The maximum absolute atomic E-state index is 11.8. The largest absolute Gasteiger partial charge is 0.469 e. The van der Waals surface area contributed by atoms with Gasteiger partial charge in [-0.25, -0.2) is 4.79 Å². The number of hydrogen-bond donors (Lipinski definition) is 2.